The first-order valence-corrected chi connectivity index (χ1v) is 6.14. The Morgan fingerprint density at radius 1 is 1.37 bits per heavy atom. The van der Waals surface area contributed by atoms with Crippen LogP contribution in [0.3, 0.4) is 0 Å². The summed E-state index contributed by atoms with van der Waals surface area (Å²) in [6.45, 7) is 5.99. The van der Waals surface area contributed by atoms with Gasteiger partial charge in [-0.2, -0.15) is 13.2 Å². The lowest BCUT2D eigenvalue weighted by Gasteiger charge is -2.43. The van der Waals surface area contributed by atoms with Crippen LogP contribution in [0.25, 0.3) is 0 Å². The SMILES string of the molecule is C[C@H]1CN(C(=O)OC(C)(C)C)CC[C@@]1(O)C(F)(F)F. The van der Waals surface area contributed by atoms with Crippen molar-refractivity contribution in [3.63, 3.8) is 0 Å². The minimum absolute atomic E-state index is 0.171. The first-order chi connectivity index (χ1) is 8.37. The van der Waals surface area contributed by atoms with Crippen molar-refractivity contribution in [1.29, 1.82) is 0 Å². The largest absolute Gasteiger partial charge is 0.444 e. The Morgan fingerprint density at radius 2 is 1.89 bits per heavy atom. The monoisotopic (exact) mass is 283 g/mol. The fourth-order valence-electron chi connectivity index (χ4n) is 2.04. The van der Waals surface area contributed by atoms with Crippen molar-refractivity contribution in [1.82, 2.24) is 4.90 Å². The molecule has 0 radical (unpaired) electrons. The molecule has 1 heterocycles. The smallest absolute Gasteiger partial charge is 0.417 e. The van der Waals surface area contributed by atoms with Crippen molar-refractivity contribution < 1.29 is 27.8 Å². The van der Waals surface area contributed by atoms with Gasteiger partial charge in [0.2, 0.25) is 0 Å². The van der Waals surface area contributed by atoms with Gasteiger partial charge in [0.15, 0.2) is 5.60 Å². The molecular weight excluding hydrogens is 263 g/mol. The molecule has 0 aromatic heterocycles. The lowest BCUT2D eigenvalue weighted by Crippen LogP contribution is -2.60. The highest BCUT2D eigenvalue weighted by Crippen LogP contribution is 2.41. The molecule has 1 fully saturated rings. The van der Waals surface area contributed by atoms with Crippen LogP contribution >= 0.6 is 0 Å². The van der Waals surface area contributed by atoms with E-state index < -0.39 is 35.8 Å². The Kier molecular flexibility index (Phi) is 4.10. The molecule has 1 aliphatic rings. The summed E-state index contributed by atoms with van der Waals surface area (Å²) in [5, 5.41) is 9.70. The normalized spacial score (nSPS) is 29.3. The average molecular weight is 283 g/mol. The van der Waals surface area contributed by atoms with E-state index in [-0.39, 0.29) is 13.1 Å². The molecule has 1 rings (SSSR count). The van der Waals surface area contributed by atoms with Crippen LogP contribution in [0.15, 0.2) is 0 Å². The van der Waals surface area contributed by atoms with Gasteiger partial charge in [-0.05, 0) is 20.8 Å². The fraction of sp³-hybridized carbons (Fsp3) is 0.917. The molecule has 0 saturated carbocycles. The molecular formula is C12H20F3NO3. The maximum atomic E-state index is 12.8. The number of hydrogen-bond donors (Lipinski definition) is 1. The molecule has 1 aliphatic heterocycles. The topological polar surface area (TPSA) is 49.8 Å². The van der Waals surface area contributed by atoms with Crippen LogP contribution in [0.5, 0.6) is 0 Å². The van der Waals surface area contributed by atoms with Gasteiger partial charge in [0.05, 0.1) is 0 Å². The van der Waals surface area contributed by atoms with E-state index in [0.29, 0.717) is 0 Å². The zero-order valence-corrected chi connectivity index (χ0v) is 11.5. The van der Waals surface area contributed by atoms with E-state index in [0.717, 1.165) is 0 Å². The Hall–Kier alpha value is -0.980. The zero-order chi connectivity index (χ0) is 15.1. The number of likely N-dealkylation sites (tertiary alicyclic amines) is 1. The highest BCUT2D eigenvalue weighted by molar-refractivity contribution is 5.68. The molecule has 0 aliphatic carbocycles. The van der Waals surface area contributed by atoms with Gasteiger partial charge in [-0.25, -0.2) is 4.79 Å². The third-order valence-corrected chi connectivity index (χ3v) is 3.21. The molecule has 1 N–H and O–H groups in total. The number of carbonyl (C=O) groups is 1. The summed E-state index contributed by atoms with van der Waals surface area (Å²) >= 11 is 0. The molecule has 2 atom stereocenters. The number of hydrogen-bond acceptors (Lipinski definition) is 3. The molecule has 1 saturated heterocycles. The number of halogens is 3. The van der Waals surface area contributed by atoms with Crippen LogP contribution in [-0.2, 0) is 4.74 Å². The molecule has 7 heteroatoms. The van der Waals surface area contributed by atoms with Gasteiger partial charge < -0.3 is 14.7 Å². The number of alkyl halides is 3. The predicted molar refractivity (Wildman–Crippen MR) is 62.6 cm³/mol. The number of nitrogens with zero attached hydrogens (tertiary/aromatic N) is 1. The van der Waals surface area contributed by atoms with Gasteiger partial charge in [0.25, 0.3) is 0 Å². The molecule has 19 heavy (non-hydrogen) atoms. The number of ether oxygens (including phenoxy) is 1. The van der Waals surface area contributed by atoms with Crippen LogP contribution in [-0.4, -0.2) is 46.6 Å². The van der Waals surface area contributed by atoms with Gasteiger partial charge in [0, 0.05) is 25.4 Å². The van der Waals surface area contributed by atoms with Gasteiger partial charge >= 0.3 is 12.3 Å². The number of amides is 1. The van der Waals surface area contributed by atoms with Crippen molar-refractivity contribution in [3.05, 3.63) is 0 Å². The van der Waals surface area contributed by atoms with E-state index in [1.807, 2.05) is 0 Å². The summed E-state index contributed by atoms with van der Waals surface area (Å²) in [4.78, 5) is 13.0. The van der Waals surface area contributed by atoms with Crippen molar-refractivity contribution in [3.8, 4) is 0 Å². The Labute approximate surface area is 110 Å². The van der Waals surface area contributed by atoms with E-state index in [1.54, 1.807) is 20.8 Å². The van der Waals surface area contributed by atoms with E-state index in [2.05, 4.69) is 0 Å². The lowest BCUT2D eigenvalue weighted by atomic mass is 9.81. The van der Waals surface area contributed by atoms with Crippen molar-refractivity contribution >= 4 is 6.09 Å². The molecule has 0 bridgehead atoms. The van der Waals surface area contributed by atoms with E-state index in [4.69, 9.17) is 4.74 Å². The van der Waals surface area contributed by atoms with Crippen LogP contribution < -0.4 is 0 Å². The van der Waals surface area contributed by atoms with Gasteiger partial charge in [-0.3, -0.25) is 0 Å². The van der Waals surface area contributed by atoms with Gasteiger partial charge in [-0.1, -0.05) is 6.92 Å². The van der Waals surface area contributed by atoms with E-state index >= 15 is 0 Å². The minimum Gasteiger partial charge on any atom is -0.444 e. The van der Waals surface area contributed by atoms with Crippen LogP contribution in [0.2, 0.25) is 0 Å². The molecule has 0 aromatic rings. The highest BCUT2D eigenvalue weighted by atomic mass is 19.4. The zero-order valence-electron chi connectivity index (χ0n) is 11.5. The van der Waals surface area contributed by atoms with E-state index in [1.165, 1.54) is 11.8 Å². The van der Waals surface area contributed by atoms with Crippen LogP contribution in [0.1, 0.15) is 34.1 Å². The van der Waals surface area contributed by atoms with Crippen LogP contribution in [0, 0.1) is 5.92 Å². The predicted octanol–water partition coefficient (Wildman–Crippen LogP) is 2.56. The summed E-state index contributed by atoms with van der Waals surface area (Å²) in [6.07, 6.45) is -5.87. The molecule has 4 nitrogen and oxygen atoms in total. The van der Waals surface area contributed by atoms with Gasteiger partial charge in [-0.15, -0.1) is 0 Å². The Bertz CT molecular complexity index is 351. The molecule has 1 amide bonds. The van der Waals surface area contributed by atoms with Gasteiger partial charge in [0.1, 0.15) is 5.60 Å². The summed E-state index contributed by atoms with van der Waals surface area (Å²) in [6, 6.07) is 0. The third kappa shape index (κ3) is 3.52. The second-order valence-corrected chi connectivity index (χ2v) is 6.00. The first-order valence-electron chi connectivity index (χ1n) is 6.14. The number of piperidine rings is 1. The number of aliphatic hydroxyl groups is 1. The first kappa shape index (κ1) is 16.1. The Morgan fingerprint density at radius 3 is 2.26 bits per heavy atom. The average Bonchev–Trinajstić information content (AvgIpc) is 2.17. The minimum atomic E-state index is -4.69. The highest BCUT2D eigenvalue weighted by Gasteiger charge is 2.59. The summed E-state index contributed by atoms with van der Waals surface area (Å²) in [7, 11) is 0. The van der Waals surface area contributed by atoms with Crippen LogP contribution in [0.4, 0.5) is 18.0 Å². The summed E-state index contributed by atoms with van der Waals surface area (Å²) in [5.74, 6) is -1.09. The molecule has 112 valence electrons. The lowest BCUT2D eigenvalue weighted by molar-refractivity contribution is -0.288. The second-order valence-electron chi connectivity index (χ2n) is 6.00. The number of rotatable bonds is 0. The van der Waals surface area contributed by atoms with Crippen molar-refractivity contribution in [2.75, 3.05) is 13.1 Å². The maximum Gasteiger partial charge on any atom is 0.417 e. The third-order valence-electron chi connectivity index (χ3n) is 3.21. The second kappa shape index (κ2) is 4.85. The number of carbonyl (C=O) groups excluding carboxylic acids is 1. The summed E-state index contributed by atoms with van der Waals surface area (Å²) < 4.78 is 43.5. The molecule has 0 unspecified atom stereocenters. The molecule has 0 spiro atoms. The maximum absolute atomic E-state index is 12.8. The quantitative estimate of drug-likeness (QED) is 0.743. The molecule has 0 aromatic carbocycles. The van der Waals surface area contributed by atoms with E-state index in [9.17, 15) is 23.1 Å². The Balaban J connectivity index is 2.72. The van der Waals surface area contributed by atoms with Crippen molar-refractivity contribution in [2.45, 2.75) is 51.5 Å². The fourth-order valence-corrected chi connectivity index (χ4v) is 2.04. The van der Waals surface area contributed by atoms with Crippen molar-refractivity contribution in [2.24, 2.45) is 5.92 Å². The summed E-state index contributed by atoms with van der Waals surface area (Å²) in [5.41, 5.74) is -3.43. The standard InChI is InChI=1S/C12H20F3NO3/c1-8-7-16(9(17)19-10(2,3)4)6-5-11(8,18)12(13,14)15/h8,18H,5-7H2,1-4H3/t8-,11-/m0/s1.